The Balaban J connectivity index is 1.68. The molecule has 0 saturated heterocycles. The van der Waals surface area contributed by atoms with E-state index in [1.165, 1.54) is 23.5 Å². The minimum Gasteiger partial charge on any atom is -0.506 e. The van der Waals surface area contributed by atoms with Crippen molar-refractivity contribution in [3.63, 3.8) is 0 Å². The number of aliphatic carboxylic acids is 1. The molecule has 3 aromatic rings. The first-order valence-corrected chi connectivity index (χ1v) is 11.3. The van der Waals surface area contributed by atoms with Crippen LogP contribution < -0.4 is 10.7 Å². The molecule has 0 fully saturated rings. The molecule has 2 heterocycles. The average Bonchev–Trinajstić information content (AvgIpc) is 3.38. The highest BCUT2D eigenvalue weighted by Gasteiger charge is 2.17. The van der Waals surface area contributed by atoms with Crippen LogP contribution in [0.3, 0.4) is 0 Å². The Hall–Kier alpha value is -3.02. The number of nitrogens with zero attached hydrogens (tertiary/aromatic N) is 1. The van der Waals surface area contributed by atoms with E-state index < -0.39 is 24.3 Å². The average molecular weight is 522 g/mol. The van der Waals surface area contributed by atoms with Gasteiger partial charge in [0.05, 0.1) is 25.9 Å². The predicted molar refractivity (Wildman–Crippen MR) is 123 cm³/mol. The van der Waals surface area contributed by atoms with Gasteiger partial charge in [0.25, 0.3) is 11.8 Å². The Kier molecular flexibility index (Phi) is 7.21. The van der Waals surface area contributed by atoms with Crippen LogP contribution in [0.5, 0.6) is 5.75 Å². The van der Waals surface area contributed by atoms with Crippen molar-refractivity contribution in [1.29, 1.82) is 0 Å². The highest BCUT2D eigenvalue weighted by Crippen LogP contribution is 2.39. The molecule has 8 nitrogen and oxygen atoms in total. The zero-order chi connectivity index (χ0) is 22.5. The molecule has 2 amide bonds. The first-order chi connectivity index (χ1) is 14.8. The molecule has 0 spiro atoms. The maximum Gasteiger partial charge on any atom is 0.322 e. The van der Waals surface area contributed by atoms with Crippen LogP contribution in [0.15, 0.2) is 51.4 Å². The summed E-state index contributed by atoms with van der Waals surface area (Å²) < 4.78 is 0.934. The molecule has 0 aliphatic rings. The lowest BCUT2D eigenvalue weighted by Gasteiger charge is -2.03. The van der Waals surface area contributed by atoms with Gasteiger partial charge in [-0.3, -0.25) is 14.4 Å². The number of hydrogen-bond acceptors (Lipinski definition) is 7. The van der Waals surface area contributed by atoms with Crippen molar-refractivity contribution >= 4 is 62.1 Å². The van der Waals surface area contributed by atoms with Crippen molar-refractivity contribution in [1.82, 2.24) is 10.7 Å². The van der Waals surface area contributed by atoms with Crippen LogP contribution in [0, 0.1) is 0 Å². The lowest BCUT2D eigenvalue weighted by Crippen LogP contribution is -2.28. The summed E-state index contributed by atoms with van der Waals surface area (Å²) in [5, 5.41) is 27.2. The second kappa shape index (κ2) is 9.86. The molecule has 0 saturated carbocycles. The molecule has 11 heteroatoms. The van der Waals surface area contributed by atoms with Crippen LogP contribution in [-0.4, -0.2) is 40.3 Å². The summed E-state index contributed by atoms with van der Waals surface area (Å²) in [7, 11) is 0. The van der Waals surface area contributed by atoms with Crippen molar-refractivity contribution < 1.29 is 24.6 Å². The molecule has 0 bridgehead atoms. The van der Waals surface area contributed by atoms with E-state index in [0.717, 1.165) is 21.4 Å². The third-order valence-corrected chi connectivity index (χ3v) is 6.67. The molecule has 0 unspecified atom stereocenters. The second-order valence-corrected chi connectivity index (χ2v) is 9.09. The fraction of sp³-hybridized carbons (Fsp3) is 0.100. The van der Waals surface area contributed by atoms with Gasteiger partial charge in [-0.25, -0.2) is 5.43 Å². The van der Waals surface area contributed by atoms with Gasteiger partial charge in [0.15, 0.2) is 0 Å². The van der Waals surface area contributed by atoms with E-state index >= 15 is 0 Å². The van der Waals surface area contributed by atoms with E-state index in [4.69, 9.17) is 5.11 Å². The summed E-state index contributed by atoms with van der Waals surface area (Å²) in [6, 6.07) is 10.4. The smallest absolute Gasteiger partial charge is 0.322 e. The Morgan fingerprint density at radius 1 is 1.06 bits per heavy atom. The third-order valence-electron chi connectivity index (χ3n) is 4.04. The number of amides is 2. The predicted octanol–water partition coefficient (Wildman–Crippen LogP) is 3.91. The molecule has 2 aromatic heterocycles. The quantitative estimate of drug-likeness (QED) is 0.276. The number of hydrazone groups is 1. The molecular weight excluding hydrogens is 506 g/mol. The third kappa shape index (κ3) is 5.57. The molecule has 0 aliphatic heterocycles. The van der Waals surface area contributed by atoms with Gasteiger partial charge < -0.3 is 15.5 Å². The number of thiophene rings is 2. The van der Waals surface area contributed by atoms with Gasteiger partial charge >= 0.3 is 5.97 Å². The molecular formula is C20H16BrN3O5S2. The number of hydrogen-bond donors (Lipinski definition) is 4. The standard InChI is InChI=1S/C20H16BrN3O5S2/c1-10(13-9-30-18(17(13)27)11-2-4-12(21)5-3-11)23-24-20(29)15-7-6-14(31-15)19(28)22-8-16(25)26/h2-7,9,27H,8H2,1H3,(H,22,28)(H,24,29)(H,25,26). The first kappa shape index (κ1) is 22.7. The van der Waals surface area contributed by atoms with Crippen molar-refractivity contribution in [2.45, 2.75) is 6.92 Å². The van der Waals surface area contributed by atoms with E-state index in [0.29, 0.717) is 16.2 Å². The molecule has 0 aliphatic carbocycles. The maximum atomic E-state index is 12.3. The van der Waals surface area contributed by atoms with Gasteiger partial charge in [0.2, 0.25) is 0 Å². The van der Waals surface area contributed by atoms with Crippen LogP contribution in [0.4, 0.5) is 0 Å². The van der Waals surface area contributed by atoms with Crippen molar-refractivity contribution in [3.05, 3.63) is 61.6 Å². The molecule has 31 heavy (non-hydrogen) atoms. The summed E-state index contributed by atoms with van der Waals surface area (Å²) in [5.74, 6) is -2.18. The lowest BCUT2D eigenvalue weighted by atomic mass is 10.1. The zero-order valence-electron chi connectivity index (χ0n) is 16.0. The SMILES string of the molecule is CC(=NNC(=O)c1ccc(C(=O)NCC(=O)O)s1)c1csc(-c2ccc(Br)cc2)c1O. The van der Waals surface area contributed by atoms with Gasteiger partial charge in [0.1, 0.15) is 12.3 Å². The number of carbonyl (C=O) groups is 3. The maximum absolute atomic E-state index is 12.3. The van der Waals surface area contributed by atoms with Crippen LogP contribution in [0.25, 0.3) is 10.4 Å². The van der Waals surface area contributed by atoms with Gasteiger partial charge in [-0.15, -0.1) is 22.7 Å². The molecule has 0 radical (unpaired) electrons. The van der Waals surface area contributed by atoms with Crippen molar-refractivity contribution in [2.75, 3.05) is 6.54 Å². The van der Waals surface area contributed by atoms with Crippen molar-refractivity contribution in [2.24, 2.45) is 5.10 Å². The molecule has 3 rings (SSSR count). The number of carboxylic acid groups (broad SMARTS) is 1. The number of carbonyl (C=O) groups excluding carboxylic acids is 2. The molecule has 1 aromatic carbocycles. The van der Waals surface area contributed by atoms with E-state index in [9.17, 15) is 19.5 Å². The second-order valence-electron chi connectivity index (χ2n) is 6.21. The fourth-order valence-electron chi connectivity index (χ4n) is 2.49. The summed E-state index contributed by atoms with van der Waals surface area (Å²) in [4.78, 5) is 35.9. The summed E-state index contributed by atoms with van der Waals surface area (Å²) in [5.41, 5.74) is 4.19. The van der Waals surface area contributed by atoms with Gasteiger partial charge in [-0.05, 0) is 36.8 Å². The Morgan fingerprint density at radius 3 is 2.35 bits per heavy atom. The van der Waals surface area contributed by atoms with Gasteiger partial charge in [-0.1, -0.05) is 28.1 Å². The van der Waals surface area contributed by atoms with Crippen LogP contribution >= 0.6 is 38.6 Å². The Bertz CT molecular complexity index is 1170. The monoisotopic (exact) mass is 521 g/mol. The number of benzene rings is 1. The van der Waals surface area contributed by atoms with Gasteiger partial charge in [0, 0.05) is 9.85 Å². The number of aromatic hydroxyl groups is 1. The fourth-order valence-corrected chi connectivity index (χ4v) is 4.58. The largest absolute Gasteiger partial charge is 0.506 e. The lowest BCUT2D eigenvalue weighted by molar-refractivity contribution is -0.135. The van der Waals surface area contributed by atoms with E-state index in [2.05, 4.69) is 31.8 Å². The number of nitrogens with one attached hydrogen (secondary N) is 2. The van der Waals surface area contributed by atoms with E-state index in [1.807, 2.05) is 24.3 Å². The Labute approximate surface area is 193 Å². The van der Waals surface area contributed by atoms with E-state index in [-0.39, 0.29) is 15.5 Å². The number of rotatable bonds is 7. The van der Waals surface area contributed by atoms with Gasteiger partial charge in [-0.2, -0.15) is 5.10 Å². The number of halogens is 1. The van der Waals surface area contributed by atoms with Crippen LogP contribution in [0.2, 0.25) is 0 Å². The minimum atomic E-state index is -1.16. The summed E-state index contributed by atoms with van der Waals surface area (Å²) in [6.07, 6.45) is 0. The summed E-state index contributed by atoms with van der Waals surface area (Å²) in [6.45, 7) is 1.15. The molecule has 0 atom stereocenters. The minimum absolute atomic E-state index is 0.0799. The highest BCUT2D eigenvalue weighted by molar-refractivity contribution is 9.10. The normalized spacial score (nSPS) is 11.2. The van der Waals surface area contributed by atoms with Crippen molar-refractivity contribution in [3.8, 4) is 16.2 Å². The summed E-state index contributed by atoms with van der Waals surface area (Å²) >= 11 is 5.66. The highest BCUT2D eigenvalue weighted by atomic mass is 79.9. The first-order valence-electron chi connectivity index (χ1n) is 8.77. The zero-order valence-corrected chi connectivity index (χ0v) is 19.2. The molecule has 4 N–H and O–H groups in total. The molecule has 160 valence electrons. The number of carboxylic acids is 1. The van der Waals surface area contributed by atoms with Crippen LogP contribution in [0.1, 0.15) is 31.8 Å². The van der Waals surface area contributed by atoms with E-state index in [1.54, 1.807) is 12.3 Å². The van der Waals surface area contributed by atoms with Crippen LogP contribution in [-0.2, 0) is 4.79 Å². The topological polar surface area (TPSA) is 128 Å². The Morgan fingerprint density at radius 2 is 1.71 bits per heavy atom.